The molecule has 9 heteroatoms. The molecule has 0 saturated carbocycles. The highest BCUT2D eigenvalue weighted by molar-refractivity contribution is 6.22. The fraction of sp³-hybridized carbons (Fsp3) is 0. The Kier molecular flexibility index (Phi) is 6.11. The molecule has 2 aromatic carbocycles. The van der Waals surface area contributed by atoms with Gasteiger partial charge < -0.3 is 4.12 Å². The van der Waals surface area contributed by atoms with Gasteiger partial charge in [0.1, 0.15) is 21.0 Å². The molecular formula is C16H16N2O5Si2. The number of amides is 4. The van der Waals surface area contributed by atoms with Gasteiger partial charge in [-0.25, -0.2) is 0 Å². The fourth-order valence-corrected chi connectivity index (χ4v) is 2.23. The van der Waals surface area contributed by atoms with Crippen molar-refractivity contribution in [2.24, 2.45) is 0 Å². The maximum absolute atomic E-state index is 10.9. The van der Waals surface area contributed by atoms with Crippen LogP contribution < -0.4 is 10.6 Å². The molecule has 4 amide bonds. The van der Waals surface area contributed by atoms with Crippen molar-refractivity contribution in [3.8, 4) is 0 Å². The van der Waals surface area contributed by atoms with Gasteiger partial charge in [0.2, 0.25) is 0 Å². The molecule has 0 radical (unpaired) electrons. The predicted molar refractivity (Wildman–Crippen MR) is 97.4 cm³/mol. The van der Waals surface area contributed by atoms with Crippen molar-refractivity contribution >= 4 is 44.6 Å². The number of imide groups is 2. The van der Waals surface area contributed by atoms with Gasteiger partial charge in [-0.1, -0.05) is 24.3 Å². The van der Waals surface area contributed by atoms with E-state index in [0.717, 1.165) is 21.0 Å². The summed E-state index contributed by atoms with van der Waals surface area (Å²) in [6.45, 7) is 0. The van der Waals surface area contributed by atoms with Gasteiger partial charge in [-0.3, -0.25) is 29.8 Å². The van der Waals surface area contributed by atoms with Gasteiger partial charge in [0, 0.05) is 0 Å². The monoisotopic (exact) mass is 372 g/mol. The lowest BCUT2D eigenvalue weighted by molar-refractivity contribution is 0.0863. The van der Waals surface area contributed by atoms with Crippen molar-refractivity contribution in [2.45, 2.75) is 0 Å². The van der Waals surface area contributed by atoms with Crippen LogP contribution in [0.15, 0.2) is 48.5 Å². The highest BCUT2D eigenvalue weighted by Crippen LogP contribution is 2.14. The Morgan fingerprint density at radius 3 is 0.960 bits per heavy atom. The van der Waals surface area contributed by atoms with Crippen LogP contribution in [0.25, 0.3) is 0 Å². The summed E-state index contributed by atoms with van der Waals surface area (Å²) in [6.07, 6.45) is 0. The van der Waals surface area contributed by atoms with Crippen LogP contribution in [0.5, 0.6) is 0 Å². The number of benzene rings is 2. The van der Waals surface area contributed by atoms with E-state index in [4.69, 9.17) is 0 Å². The Morgan fingerprint density at radius 1 is 0.560 bits per heavy atom. The number of rotatable bonds is 0. The molecule has 25 heavy (non-hydrogen) atoms. The van der Waals surface area contributed by atoms with Crippen molar-refractivity contribution in [1.82, 2.24) is 10.6 Å². The molecule has 0 spiro atoms. The fourth-order valence-electron chi connectivity index (χ4n) is 2.23. The van der Waals surface area contributed by atoms with E-state index in [9.17, 15) is 19.2 Å². The predicted octanol–water partition coefficient (Wildman–Crippen LogP) is -1.30. The maximum Gasteiger partial charge on any atom is 0.258 e. The molecule has 2 aliphatic rings. The topological polar surface area (TPSA) is 102 Å². The summed E-state index contributed by atoms with van der Waals surface area (Å²) in [7, 11) is 1.86. The van der Waals surface area contributed by atoms with Gasteiger partial charge in [0.25, 0.3) is 23.6 Å². The average Bonchev–Trinajstić information content (AvgIpc) is 3.06. The lowest BCUT2D eigenvalue weighted by atomic mass is 10.1. The van der Waals surface area contributed by atoms with E-state index < -0.39 is 0 Å². The smallest absolute Gasteiger partial charge is 0.258 e. The van der Waals surface area contributed by atoms with Crippen LogP contribution in [-0.2, 0) is 4.12 Å². The molecule has 2 N–H and O–H groups in total. The molecule has 2 heterocycles. The summed E-state index contributed by atoms with van der Waals surface area (Å²) in [5.41, 5.74) is 1.88. The van der Waals surface area contributed by atoms with Crippen LogP contribution in [-0.4, -0.2) is 44.6 Å². The second-order valence-electron chi connectivity index (χ2n) is 5.07. The van der Waals surface area contributed by atoms with Crippen LogP contribution in [0, 0.1) is 0 Å². The maximum atomic E-state index is 10.9. The number of carbonyl (C=O) groups excluding carboxylic acids is 4. The van der Waals surface area contributed by atoms with Gasteiger partial charge in [-0.05, 0) is 24.3 Å². The number of fused-ring (bicyclic) bond motifs is 2. The molecule has 0 bridgehead atoms. The quantitative estimate of drug-likeness (QED) is 0.442. The van der Waals surface area contributed by atoms with Crippen molar-refractivity contribution in [3.05, 3.63) is 70.8 Å². The summed E-state index contributed by atoms with van der Waals surface area (Å²) in [6, 6.07) is 13.5. The van der Waals surface area contributed by atoms with E-state index in [-0.39, 0.29) is 23.6 Å². The molecule has 0 fully saturated rings. The number of hydrogen-bond donors (Lipinski definition) is 2. The van der Waals surface area contributed by atoms with Gasteiger partial charge >= 0.3 is 0 Å². The second kappa shape index (κ2) is 8.28. The molecular weight excluding hydrogens is 356 g/mol. The summed E-state index contributed by atoms with van der Waals surface area (Å²) in [5, 5.41) is 4.41. The first-order chi connectivity index (χ1) is 12.0. The van der Waals surface area contributed by atoms with Crippen molar-refractivity contribution in [1.29, 1.82) is 0 Å². The first-order valence-corrected chi connectivity index (χ1v) is 8.92. The lowest BCUT2D eigenvalue weighted by Crippen LogP contribution is -2.19. The normalized spacial score (nSPS) is 13.8. The van der Waals surface area contributed by atoms with Crippen molar-refractivity contribution in [3.63, 3.8) is 0 Å². The standard InChI is InChI=1S/2C8H5NO2.H6OSi2/c2*10-7-5-3-1-2-4-6(5)8(11)9-7;2-1-3/h2*1-4H,(H,9,10,11);2-3H3. The summed E-state index contributed by atoms with van der Waals surface area (Å²) in [4.78, 5) is 43.8. The third-order valence-electron chi connectivity index (χ3n) is 3.29. The molecule has 0 aromatic heterocycles. The summed E-state index contributed by atoms with van der Waals surface area (Å²) >= 11 is 0. The van der Waals surface area contributed by atoms with E-state index in [1.54, 1.807) is 48.5 Å². The molecule has 2 aromatic rings. The van der Waals surface area contributed by atoms with Gasteiger partial charge in [-0.2, -0.15) is 0 Å². The molecule has 0 saturated heterocycles. The molecule has 0 aliphatic carbocycles. The first kappa shape index (κ1) is 18.5. The summed E-state index contributed by atoms with van der Waals surface area (Å²) < 4.78 is 4.53. The van der Waals surface area contributed by atoms with Crippen LogP contribution in [0.3, 0.4) is 0 Å². The summed E-state index contributed by atoms with van der Waals surface area (Å²) in [5.74, 6) is -1.20. The van der Waals surface area contributed by atoms with Crippen molar-refractivity contribution < 1.29 is 23.3 Å². The minimum absolute atomic E-state index is 0.300. The van der Waals surface area contributed by atoms with Gasteiger partial charge in [0.05, 0.1) is 22.3 Å². The third kappa shape index (κ3) is 4.15. The SMILES string of the molecule is O=C1NC(=O)c2ccccc21.O=C1NC(=O)c2ccccc21.[SiH3]O[SiH3]. The van der Waals surface area contributed by atoms with Crippen LogP contribution >= 0.6 is 0 Å². The Morgan fingerprint density at radius 2 is 0.760 bits per heavy atom. The Labute approximate surface area is 149 Å². The highest BCUT2D eigenvalue weighted by atomic mass is 28.3. The minimum atomic E-state index is -0.300. The Balaban J connectivity index is 0.000000156. The van der Waals surface area contributed by atoms with E-state index in [1.165, 1.54) is 0 Å². The number of nitrogens with one attached hydrogen (secondary N) is 2. The molecule has 2 aliphatic heterocycles. The van der Waals surface area contributed by atoms with E-state index >= 15 is 0 Å². The van der Waals surface area contributed by atoms with Crippen molar-refractivity contribution in [2.75, 3.05) is 0 Å². The zero-order valence-corrected chi connectivity index (χ0v) is 17.7. The molecule has 7 nitrogen and oxygen atoms in total. The average molecular weight is 372 g/mol. The van der Waals surface area contributed by atoms with Crippen LogP contribution in [0.2, 0.25) is 0 Å². The minimum Gasteiger partial charge on any atom is -0.471 e. The van der Waals surface area contributed by atoms with Crippen LogP contribution in [0.1, 0.15) is 41.4 Å². The van der Waals surface area contributed by atoms with Gasteiger partial charge in [-0.15, -0.1) is 0 Å². The Bertz CT molecular complexity index is 718. The molecule has 128 valence electrons. The van der Waals surface area contributed by atoms with E-state index in [1.807, 2.05) is 0 Å². The third-order valence-corrected chi connectivity index (χ3v) is 3.29. The number of carbonyl (C=O) groups is 4. The number of hydrogen-bond acceptors (Lipinski definition) is 5. The Hall–Kier alpha value is -2.89. The van der Waals surface area contributed by atoms with E-state index in [0.29, 0.717) is 22.3 Å². The second-order valence-corrected chi connectivity index (χ2v) is 8.33. The zero-order valence-electron chi connectivity index (χ0n) is 13.7. The zero-order chi connectivity index (χ0) is 18.4. The van der Waals surface area contributed by atoms with E-state index in [2.05, 4.69) is 14.7 Å². The molecule has 0 unspecified atom stereocenters. The molecule has 4 rings (SSSR count). The van der Waals surface area contributed by atoms with Crippen LogP contribution in [0.4, 0.5) is 0 Å². The van der Waals surface area contributed by atoms with Gasteiger partial charge in [0.15, 0.2) is 0 Å². The largest absolute Gasteiger partial charge is 0.471 e. The highest BCUT2D eigenvalue weighted by Gasteiger charge is 2.25. The first-order valence-electron chi connectivity index (χ1n) is 7.29. The molecule has 0 atom stereocenters. The lowest BCUT2D eigenvalue weighted by Gasteiger charge is -1.88.